The summed E-state index contributed by atoms with van der Waals surface area (Å²) in [5.41, 5.74) is 3.15. The number of ether oxygens (including phenoxy) is 1. The molecule has 0 atom stereocenters. The van der Waals surface area contributed by atoms with Crippen LogP contribution in [0.3, 0.4) is 0 Å². The molecule has 100 valence electrons. The van der Waals surface area contributed by atoms with Crippen LogP contribution in [0.5, 0.6) is 5.75 Å². The Kier molecular flexibility index (Phi) is 3.56. The molecule has 0 bridgehead atoms. The van der Waals surface area contributed by atoms with Crippen molar-refractivity contribution in [2.45, 2.75) is 0 Å². The Balaban J connectivity index is 2.11. The van der Waals surface area contributed by atoms with Crippen LogP contribution in [0.25, 0.3) is 16.9 Å². The lowest BCUT2D eigenvalue weighted by Gasteiger charge is -2.09. The van der Waals surface area contributed by atoms with Gasteiger partial charge in [0.15, 0.2) is 0 Å². The second kappa shape index (κ2) is 5.51. The summed E-state index contributed by atoms with van der Waals surface area (Å²) in [5, 5.41) is 4.45. The molecule has 20 heavy (non-hydrogen) atoms. The lowest BCUT2D eigenvalue weighted by molar-refractivity contribution is 0.414. The molecule has 0 spiro atoms. The van der Waals surface area contributed by atoms with Crippen molar-refractivity contribution >= 4 is 15.9 Å². The van der Waals surface area contributed by atoms with Crippen LogP contribution in [0, 0.1) is 0 Å². The largest absolute Gasteiger partial charge is 0.497 e. The van der Waals surface area contributed by atoms with Gasteiger partial charge in [-0.05, 0) is 40.2 Å². The molecular formula is C16H13BrN2O. The van der Waals surface area contributed by atoms with Gasteiger partial charge in [0.2, 0.25) is 0 Å². The summed E-state index contributed by atoms with van der Waals surface area (Å²) in [6, 6.07) is 18.0. The van der Waals surface area contributed by atoms with Crippen LogP contribution in [0.4, 0.5) is 0 Å². The van der Waals surface area contributed by atoms with Crippen LogP contribution < -0.4 is 4.74 Å². The van der Waals surface area contributed by atoms with Crippen molar-refractivity contribution in [2.24, 2.45) is 0 Å². The fraction of sp³-hybridized carbons (Fsp3) is 0.0625. The third-order valence-corrected chi connectivity index (χ3v) is 3.67. The van der Waals surface area contributed by atoms with Crippen molar-refractivity contribution in [1.82, 2.24) is 9.78 Å². The van der Waals surface area contributed by atoms with Crippen LogP contribution in [0.2, 0.25) is 0 Å². The molecule has 3 rings (SSSR count). The molecule has 0 aliphatic heterocycles. The number of hydrogen-bond acceptors (Lipinski definition) is 2. The van der Waals surface area contributed by atoms with Crippen molar-refractivity contribution in [3.63, 3.8) is 0 Å². The molecule has 0 N–H and O–H groups in total. The molecule has 1 aromatic heterocycles. The maximum atomic E-state index is 5.19. The second-order valence-electron chi connectivity index (χ2n) is 4.32. The lowest BCUT2D eigenvalue weighted by atomic mass is 10.1. The second-order valence-corrected chi connectivity index (χ2v) is 5.17. The predicted molar refractivity (Wildman–Crippen MR) is 83.3 cm³/mol. The molecule has 0 saturated heterocycles. The minimum Gasteiger partial charge on any atom is -0.497 e. The lowest BCUT2D eigenvalue weighted by Crippen LogP contribution is -1.99. The van der Waals surface area contributed by atoms with Crippen LogP contribution in [-0.4, -0.2) is 16.9 Å². The van der Waals surface area contributed by atoms with Gasteiger partial charge in [0.25, 0.3) is 0 Å². The Morgan fingerprint density at radius 3 is 2.35 bits per heavy atom. The highest BCUT2D eigenvalue weighted by atomic mass is 79.9. The summed E-state index contributed by atoms with van der Waals surface area (Å²) >= 11 is 3.57. The average Bonchev–Trinajstić information content (AvgIpc) is 2.90. The first-order valence-corrected chi connectivity index (χ1v) is 7.02. The average molecular weight is 329 g/mol. The molecule has 0 aliphatic rings. The molecule has 0 amide bonds. The molecule has 1 heterocycles. The monoisotopic (exact) mass is 328 g/mol. The summed E-state index contributed by atoms with van der Waals surface area (Å²) in [5.74, 6) is 0.834. The topological polar surface area (TPSA) is 27.1 Å². The first-order chi connectivity index (χ1) is 9.79. The summed E-state index contributed by atoms with van der Waals surface area (Å²) in [6.45, 7) is 0. The minimum atomic E-state index is 0.834. The van der Waals surface area contributed by atoms with Gasteiger partial charge in [-0.1, -0.05) is 30.3 Å². The Morgan fingerprint density at radius 1 is 1.00 bits per heavy atom. The standard InChI is InChI=1S/C16H13BrN2O/c1-20-14-9-7-13(8-10-14)19-16(15(17)11-18-19)12-5-3-2-4-6-12/h2-11H,1H3. The number of aromatic nitrogens is 2. The van der Waals surface area contributed by atoms with E-state index in [1.807, 2.05) is 53.3 Å². The molecule has 0 saturated carbocycles. The van der Waals surface area contributed by atoms with Crippen molar-refractivity contribution in [2.75, 3.05) is 7.11 Å². The first-order valence-electron chi connectivity index (χ1n) is 6.23. The molecule has 3 nitrogen and oxygen atoms in total. The molecule has 0 fully saturated rings. The van der Waals surface area contributed by atoms with E-state index in [9.17, 15) is 0 Å². The summed E-state index contributed by atoms with van der Waals surface area (Å²) < 4.78 is 8.07. The van der Waals surface area contributed by atoms with Gasteiger partial charge in [0.05, 0.1) is 29.2 Å². The number of hydrogen-bond donors (Lipinski definition) is 0. The number of halogens is 1. The van der Waals surface area contributed by atoms with Crippen molar-refractivity contribution in [3.05, 3.63) is 65.3 Å². The zero-order valence-corrected chi connectivity index (χ0v) is 12.5. The summed E-state index contributed by atoms with van der Waals surface area (Å²) in [7, 11) is 1.66. The van der Waals surface area contributed by atoms with Gasteiger partial charge >= 0.3 is 0 Å². The maximum absolute atomic E-state index is 5.19. The number of benzene rings is 2. The Morgan fingerprint density at radius 2 is 1.70 bits per heavy atom. The van der Waals surface area contributed by atoms with E-state index < -0.39 is 0 Å². The fourth-order valence-electron chi connectivity index (χ4n) is 2.10. The van der Waals surface area contributed by atoms with Crippen LogP contribution in [0.1, 0.15) is 0 Å². The van der Waals surface area contributed by atoms with E-state index in [1.54, 1.807) is 7.11 Å². The Bertz CT molecular complexity index is 705. The summed E-state index contributed by atoms with van der Waals surface area (Å²) in [4.78, 5) is 0. The van der Waals surface area contributed by atoms with Gasteiger partial charge in [-0.3, -0.25) is 0 Å². The molecular weight excluding hydrogens is 316 g/mol. The number of methoxy groups -OCH3 is 1. The maximum Gasteiger partial charge on any atom is 0.119 e. The van der Waals surface area contributed by atoms with Gasteiger partial charge in [0, 0.05) is 5.56 Å². The van der Waals surface area contributed by atoms with E-state index >= 15 is 0 Å². The SMILES string of the molecule is COc1ccc(-n2ncc(Br)c2-c2ccccc2)cc1. The highest BCUT2D eigenvalue weighted by Gasteiger charge is 2.12. The third-order valence-electron chi connectivity index (χ3n) is 3.09. The first kappa shape index (κ1) is 12.9. The van der Waals surface area contributed by atoms with Crippen molar-refractivity contribution in [1.29, 1.82) is 0 Å². The quantitative estimate of drug-likeness (QED) is 0.716. The van der Waals surface area contributed by atoms with Gasteiger partial charge in [-0.2, -0.15) is 5.10 Å². The number of nitrogens with zero attached hydrogens (tertiary/aromatic N) is 2. The van der Waals surface area contributed by atoms with E-state index in [2.05, 4.69) is 33.2 Å². The molecule has 0 aliphatic carbocycles. The Labute approximate surface area is 125 Å². The van der Waals surface area contributed by atoms with Gasteiger partial charge in [-0.25, -0.2) is 4.68 Å². The normalized spacial score (nSPS) is 10.5. The van der Waals surface area contributed by atoms with Gasteiger partial charge < -0.3 is 4.74 Å². The van der Waals surface area contributed by atoms with Crippen LogP contribution >= 0.6 is 15.9 Å². The van der Waals surface area contributed by atoms with Gasteiger partial charge in [-0.15, -0.1) is 0 Å². The van der Waals surface area contributed by atoms with E-state index in [0.29, 0.717) is 0 Å². The van der Waals surface area contributed by atoms with E-state index in [1.165, 1.54) is 0 Å². The van der Waals surface area contributed by atoms with E-state index in [4.69, 9.17) is 4.74 Å². The molecule has 3 aromatic rings. The number of rotatable bonds is 3. The zero-order valence-electron chi connectivity index (χ0n) is 11.0. The molecule has 0 unspecified atom stereocenters. The van der Waals surface area contributed by atoms with Crippen molar-refractivity contribution < 1.29 is 4.74 Å². The highest BCUT2D eigenvalue weighted by Crippen LogP contribution is 2.30. The molecule has 2 aromatic carbocycles. The minimum absolute atomic E-state index is 0.834. The molecule has 4 heteroatoms. The molecule has 0 radical (unpaired) electrons. The fourth-order valence-corrected chi connectivity index (χ4v) is 2.59. The van der Waals surface area contributed by atoms with Crippen molar-refractivity contribution in [3.8, 4) is 22.7 Å². The zero-order chi connectivity index (χ0) is 13.9. The van der Waals surface area contributed by atoms with Crippen LogP contribution in [0.15, 0.2) is 65.3 Å². The smallest absolute Gasteiger partial charge is 0.119 e. The third kappa shape index (κ3) is 2.34. The van der Waals surface area contributed by atoms with E-state index in [-0.39, 0.29) is 0 Å². The predicted octanol–water partition coefficient (Wildman–Crippen LogP) is 4.31. The van der Waals surface area contributed by atoms with E-state index in [0.717, 1.165) is 27.2 Å². The summed E-state index contributed by atoms with van der Waals surface area (Å²) in [6.07, 6.45) is 1.81. The highest BCUT2D eigenvalue weighted by molar-refractivity contribution is 9.10. The Hall–Kier alpha value is -2.07. The van der Waals surface area contributed by atoms with Crippen LogP contribution in [-0.2, 0) is 0 Å². The van der Waals surface area contributed by atoms with Gasteiger partial charge in [0.1, 0.15) is 5.75 Å².